The highest BCUT2D eigenvalue weighted by Crippen LogP contribution is 2.15. The first-order valence-corrected chi connectivity index (χ1v) is 5.28. The third-order valence-electron chi connectivity index (χ3n) is 2.30. The highest BCUT2D eigenvalue weighted by atomic mass is 79.9. The van der Waals surface area contributed by atoms with Gasteiger partial charge in [0.25, 0.3) is 0 Å². The van der Waals surface area contributed by atoms with E-state index in [1.54, 1.807) is 14.2 Å². The first-order valence-electron chi connectivity index (χ1n) is 4.15. The molecular weight excluding hydrogens is 257 g/mol. The van der Waals surface area contributed by atoms with Crippen molar-refractivity contribution in [1.82, 2.24) is 4.90 Å². The van der Waals surface area contributed by atoms with Crippen molar-refractivity contribution in [3.63, 3.8) is 0 Å². The molecule has 0 aromatic rings. The second kappa shape index (κ2) is 7.01. The van der Waals surface area contributed by atoms with Crippen molar-refractivity contribution in [2.45, 2.75) is 12.2 Å². The van der Waals surface area contributed by atoms with Crippen LogP contribution in [0.1, 0.15) is 0 Å². The second-order valence-corrected chi connectivity index (χ2v) is 3.79. The van der Waals surface area contributed by atoms with Gasteiger partial charge in [-0.15, -0.1) is 12.4 Å². The largest absolute Gasteiger partial charge is 0.377 e. The molecule has 0 radical (unpaired) electrons. The zero-order valence-corrected chi connectivity index (χ0v) is 10.4. The van der Waals surface area contributed by atoms with Crippen molar-refractivity contribution in [3.8, 4) is 0 Å². The Bertz CT molecular complexity index is 127. The van der Waals surface area contributed by atoms with E-state index >= 15 is 0 Å². The molecule has 0 spiro atoms. The molecule has 0 amide bonds. The normalized spacial score (nSPS) is 28.8. The molecule has 0 saturated carbocycles. The molecule has 3 nitrogen and oxygen atoms in total. The topological polar surface area (TPSA) is 21.7 Å². The first-order chi connectivity index (χ1) is 5.81. The van der Waals surface area contributed by atoms with E-state index in [2.05, 4.69) is 20.8 Å². The van der Waals surface area contributed by atoms with Crippen LogP contribution in [0.3, 0.4) is 0 Å². The summed E-state index contributed by atoms with van der Waals surface area (Å²) in [5.41, 5.74) is 0. The van der Waals surface area contributed by atoms with E-state index in [1.807, 2.05) is 0 Å². The lowest BCUT2D eigenvalue weighted by Crippen LogP contribution is -2.27. The average Bonchev–Trinajstić information content (AvgIpc) is 2.48. The Balaban J connectivity index is 0.00000144. The molecule has 1 heterocycles. The third kappa shape index (κ3) is 3.72. The summed E-state index contributed by atoms with van der Waals surface area (Å²) >= 11 is 3.42. The molecule has 1 rings (SSSR count). The number of hydrogen-bond donors (Lipinski definition) is 0. The standard InChI is InChI=1S/C8H16BrNO2.ClH/c1-11-7-5-10(4-3-9)6-8(7)12-2;/h7-8H,3-6H2,1-2H3;1H/t7-,8-;/m0./s1. The minimum absolute atomic E-state index is 0. The maximum atomic E-state index is 5.31. The van der Waals surface area contributed by atoms with Crippen molar-refractivity contribution in [3.05, 3.63) is 0 Å². The maximum Gasteiger partial charge on any atom is 0.0971 e. The van der Waals surface area contributed by atoms with Gasteiger partial charge in [-0.25, -0.2) is 0 Å². The van der Waals surface area contributed by atoms with Crippen molar-refractivity contribution >= 4 is 28.3 Å². The van der Waals surface area contributed by atoms with Gasteiger partial charge in [-0.05, 0) is 0 Å². The lowest BCUT2D eigenvalue weighted by Gasteiger charge is -2.13. The van der Waals surface area contributed by atoms with Crippen LogP contribution >= 0.6 is 28.3 Å². The van der Waals surface area contributed by atoms with Gasteiger partial charge in [0.05, 0.1) is 12.2 Å². The molecule has 80 valence electrons. The predicted molar refractivity (Wildman–Crippen MR) is 59.1 cm³/mol. The van der Waals surface area contributed by atoms with Gasteiger partial charge in [0.15, 0.2) is 0 Å². The number of halogens is 2. The van der Waals surface area contributed by atoms with Gasteiger partial charge in [0, 0.05) is 39.2 Å². The van der Waals surface area contributed by atoms with Crippen LogP contribution in [0, 0.1) is 0 Å². The molecule has 0 bridgehead atoms. The summed E-state index contributed by atoms with van der Waals surface area (Å²) in [4.78, 5) is 2.34. The molecule has 0 aromatic carbocycles. The molecule has 0 unspecified atom stereocenters. The van der Waals surface area contributed by atoms with Crippen LogP contribution in [0.2, 0.25) is 0 Å². The van der Waals surface area contributed by atoms with Gasteiger partial charge in [0.2, 0.25) is 0 Å². The third-order valence-corrected chi connectivity index (χ3v) is 2.65. The summed E-state index contributed by atoms with van der Waals surface area (Å²) < 4.78 is 10.6. The van der Waals surface area contributed by atoms with Crippen molar-refractivity contribution in [2.75, 3.05) is 39.2 Å². The fourth-order valence-electron chi connectivity index (χ4n) is 1.57. The molecule has 1 fully saturated rings. The predicted octanol–water partition coefficient (Wildman–Crippen LogP) is 1.15. The van der Waals surface area contributed by atoms with E-state index in [-0.39, 0.29) is 24.6 Å². The van der Waals surface area contributed by atoms with E-state index in [4.69, 9.17) is 9.47 Å². The Hall–Kier alpha value is 0.650. The quantitative estimate of drug-likeness (QED) is 0.718. The van der Waals surface area contributed by atoms with Gasteiger partial charge in [0.1, 0.15) is 0 Å². The van der Waals surface area contributed by atoms with Gasteiger partial charge in [-0.1, -0.05) is 15.9 Å². The highest BCUT2D eigenvalue weighted by molar-refractivity contribution is 9.09. The molecule has 1 aliphatic rings. The Morgan fingerprint density at radius 3 is 2.00 bits per heavy atom. The van der Waals surface area contributed by atoms with Crippen LogP contribution in [-0.4, -0.2) is 56.3 Å². The van der Waals surface area contributed by atoms with E-state index in [9.17, 15) is 0 Å². The van der Waals surface area contributed by atoms with Gasteiger partial charge in [-0.3, -0.25) is 4.90 Å². The van der Waals surface area contributed by atoms with E-state index in [0.717, 1.165) is 25.0 Å². The molecule has 0 N–H and O–H groups in total. The molecule has 0 aromatic heterocycles. The molecule has 13 heavy (non-hydrogen) atoms. The summed E-state index contributed by atoms with van der Waals surface area (Å²) in [6, 6.07) is 0. The lowest BCUT2D eigenvalue weighted by atomic mass is 10.3. The molecule has 5 heteroatoms. The second-order valence-electron chi connectivity index (χ2n) is 3.00. The average molecular weight is 275 g/mol. The zero-order valence-electron chi connectivity index (χ0n) is 8.03. The number of rotatable bonds is 4. The minimum atomic E-state index is 0. The fourth-order valence-corrected chi connectivity index (χ4v) is 2.07. The fraction of sp³-hybridized carbons (Fsp3) is 1.00. The monoisotopic (exact) mass is 273 g/mol. The molecule has 1 aliphatic heterocycles. The van der Waals surface area contributed by atoms with Gasteiger partial charge >= 0.3 is 0 Å². The summed E-state index contributed by atoms with van der Waals surface area (Å²) in [5, 5.41) is 1.01. The van der Waals surface area contributed by atoms with Crippen LogP contribution < -0.4 is 0 Å². The summed E-state index contributed by atoms with van der Waals surface area (Å²) in [5.74, 6) is 0. The van der Waals surface area contributed by atoms with E-state index in [0.29, 0.717) is 0 Å². The van der Waals surface area contributed by atoms with Crippen LogP contribution in [0.4, 0.5) is 0 Å². The van der Waals surface area contributed by atoms with Crippen molar-refractivity contribution in [1.29, 1.82) is 0 Å². The Morgan fingerprint density at radius 2 is 1.69 bits per heavy atom. The number of ether oxygens (including phenoxy) is 2. The zero-order chi connectivity index (χ0) is 8.97. The van der Waals surface area contributed by atoms with E-state index < -0.39 is 0 Å². The summed E-state index contributed by atoms with van der Waals surface area (Å²) in [6.07, 6.45) is 0.489. The summed E-state index contributed by atoms with van der Waals surface area (Å²) in [7, 11) is 3.49. The maximum absolute atomic E-state index is 5.31. The first kappa shape index (κ1) is 13.7. The molecular formula is C8H17BrClNO2. The lowest BCUT2D eigenvalue weighted by molar-refractivity contribution is -0.00461. The smallest absolute Gasteiger partial charge is 0.0971 e. The summed E-state index contributed by atoms with van der Waals surface area (Å²) in [6.45, 7) is 3.04. The number of methoxy groups -OCH3 is 2. The SMILES string of the molecule is CO[C@H]1CN(CCBr)C[C@@H]1OC.Cl. The van der Waals surface area contributed by atoms with Crippen molar-refractivity contribution < 1.29 is 9.47 Å². The Kier molecular flexibility index (Phi) is 7.36. The van der Waals surface area contributed by atoms with Gasteiger partial charge < -0.3 is 9.47 Å². The molecule has 1 saturated heterocycles. The molecule has 2 atom stereocenters. The Morgan fingerprint density at radius 1 is 1.23 bits per heavy atom. The number of nitrogens with zero attached hydrogens (tertiary/aromatic N) is 1. The number of hydrogen-bond acceptors (Lipinski definition) is 3. The Labute approximate surface area is 94.3 Å². The van der Waals surface area contributed by atoms with E-state index in [1.165, 1.54) is 0 Å². The minimum Gasteiger partial charge on any atom is -0.377 e. The van der Waals surface area contributed by atoms with Crippen LogP contribution in [0.5, 0.6) is 0 Å². The van der Waals surface area contributed by atoms with Crippen LogP contribution in [0.25, 0.3) is 0 Å². The van der Waals surface area contributed by atoms with Gasteiger partial charge in [-0.2, -0.15) is 0 Å². The van der Waals surface area contributed by atoms with Crippen LogP contribution in [0.15, 0.2) is 0 Å². The molecule has 0 aliphatic carbocycles. The number of alkyl halides is 1. The number of likely N-dealkylation sites (tertiary alicyclic amines) is 1. The van der Waals surface area contributed by atoms with Crippen molar-refractivity contribution in [2.24, 2.45) is 0 Å². The highest BCUT2D eigenvalue weighted by Gasteiger charge is 2.32. The van der Waals surface area contributed by atoms with Crippen LogP contribution in [-0.2, 0) is 9.47 Å².